The Labute approximate surface area is 425 Å². The Morgan fingerprint density at radius 1 is 0.653 bits per heavy atom. The van der Waals surface area contributed by atoms with Gasteiger partial charge in [0.1, 0.15) is 36.6 Å². The fourth-order valence-corrected chi connectivity index (χ4v) is 10.1. The van der Waals surface area contributed by atoms with E-state index in [2.05, 4.69) is 5.32 Å². The molecule has 0 radical (unpaired) electrons. The van der Waals surface area contributed by atoms with Crippen molar-refractivity contribution in [2.24, 2.45) is 0 Å². The molecule has 0 spiro atoms. The van der Waals surface area contributed by atoms with E-state index in [1.165, 1.54) is 27.9 Å². The maximum absolute atomic E-state index is 14.3. The molecule has 15 nitrogen and oxygen atoms in total. The maximum Gasteiger partial charge on any atom is 0.349 e. The lowest BCUT2D eigenvalue weighted by molar-refractivity contribution is -0.339. The van der Waals surface area contributed by atoms with Crippen molar-refractivity contribution in [1.29, 1.82) is 0 Å². The highest BCUT2D eigenvalue weighted by atomic mass is 32.2. The van der Waals surface area contributed by atoms with Gasteiger partial charge in [-0.2, -0.15) is 0 Å². The van der Waals surface area contributed by atoms with E-state index in [4.69, 9.17) is 47.4 Å². The van der Waals surface area contributed by atoms with Crippen LogP contribution in [-0.2, 0) is 93.0 Å². The lowest BCUT2D eigenvalue weighted by Crippen LogP contribution is -2.68. The van der Waals surface area contributed by atoms with E-state index in [-0.39, 0.29) is 39.5 Å². The highest BCUT2D eigenvalue weighted by molar-refractivity contribution is 8.01. The summed E-state index contributed by atoms with van der Waals surface area (Å²) < 4.78 is 65.5. The fraction of sp³-hybridized carbons (Fsp3) is 0.393. The molecule has 0 bridgehead atoms. The van der Waals surface area contributed by atoms with Gasteiger partial charge in [-0.1, -0.05) is 151 Å². The van der Waals surface area contributed by atoms with Crippen LogP contribution in [0.5, 0.6) is 0 Å². The molecule has 2 fully saturated rings. The quantitative estimate of drug-likeness (QED) is 0.0494. The maximum atomic E-state index is 14.3. The Morgan fingerprint density at radius 3 is 1.62 bits per heavy atom. The summed E-state index contributed by atoms with van der Waals surface area (Å²) in [5, 5.41) is 2.88. The van der Waals surface area contributed by atoms with Gasteiger partial charge in [-0.3, -0.25) is 14.4 Å². The van der Waals surface area contributed by atoms with Crippen molar-refractivity contribution in [2.45, 2.75) is 132 Å². The Hall–Kier alpha value is -5.95. The summed E-state index contributed by atoms with van der Waals surface area (Å²) in [4.78, 5) is 52.7. The minimum absolute atomic E-state index is 0.105. The summed E-state index contributed by atoms with van der Waals surface area (Å²) >= 11 is 1.02. The molecule has 5 aromatic rings. The Kier molecular flexibility index (Phi) is 19.9. The molecule has 1 unspecified atom stereocenters. The molecule has 2 aliphatic heterocycles. The normalized spacial score (nSPS) is 24.8. The van der Waals surface area contributed by atoms with Crippen molar-refractivity contribution in [3.05, 3.63) is 174 Å². The van der Waals surface area contributed by atoms with Gasteiger partial charge in [-0.25, -0.2) is 4.79 Å². The zero-order chi connectivity index (χ0) is 50.9. The monoisotopic (exact) mass is 1010 g/mol. The molecule has 7 rings (SSSR count). The first kappa shape index (κ1) is 53.8. The second kappa shape index (κ2) is 26.7. The lowest BCUT2D eigenvalue weighted by atomic mass is 9.89. The lowest BCUT2D eigenvalue weighted by Gasteiger charge is -2.50. The van der Waals surface area contributed by atoms with Gasteiger partial charge >= 0.3 is 17.9 Å². The molecule has 16 heteroatoms. The van der Waals surface area contributed by atoms with Crippen LogP contribution >= 0.6 is 11.8 Å². The van der Waals surface area contributed by atoms with Crippen molar-refractivity contribution < 1.29 is 66.5 Å². The Balaban J connectivity index is 1.34. The van der Waals surface area contributed by atoms with Gasteiger partial charge in [0.2, 0.25) is 10.8 Å². The number of nitrogens with one attached hydrogen (secondary N) is 1. The van der Waals surface area contributed by atoms with Crippen LogP contribution in [0.3, 0.4) is 0 Å². The van der Waals surface area contributed by atoms with E-state index in [0.717, 1.165) is 34.0 Å². The molecular formula is C56H63NO14S. The minimum Gasteiger partial charge on any atom is -0.466 e. The van der Waals surface area contributed by atoms with Crippen LogP contribution in [0.4, 0.5) is 0 Å². The molecule has 5 aromatic carbocycles. The molecule has 0 aromatic heterocycles. The average Bonchev–Trinajstić information content (AvgIpc) is 3.38. The zero-order valence-corrected chi connectivity index (χ0v) is 41.9. The van der Waals surface area contributed by atoms with E-state index in [9.17, 15) is 19.2 Å². The van der Waals surface area contributed by atoms with Gasteiger partial charge < -0.3 is 52.7 Å². The predicted octanol–water partition coefficient (Wildman–Crippen LogP) is 7.91. The SMILES string of the molecule is COC(=O)[C@@]1(Sc2ccccc2)C[C@H](OC(C)=O)[C@@H](NC(C)=O)[C@H]([C@H](OC(C)=O)[C@@H](COCc2ccccc2)OC2O[C@@H](C)[C@@H](OCc3ccccc3)[C@@H](OCc3ccccc3)[C@@H]2OCc2ccccc2)O1. The Morgan fingerprint density at radius 2 is 1.14 bits per heavy atom. The average molecular weight is 1010 g/mol. The van der Waals surface area contributed by atoms with Crippen LogP contribution in [0.25, 0.3) is 0 Å². The molecular weight excluding hydrogens is 943 g/mol. The van der Waals surface area contributed by atoms with Gasteiger partial charge in [0.05, 0.1) is 52.3 Å². The third-order valence-corrected chi connectivity index (χ3v) is 13.3. The van der Waals surface area contributed by atoms with E-state index in [0.29, 0.717) is 4.90 Å². The number of hydrogen-bond acceptors (Lipinski definition) is 15. The molecule has 1 amide bonds. The first-order valence-electron chi connectivity index (χ1n) is 23.9. The van der Waals surface area contributed by atoms with Gasteiger partial charge in [0, 0.05) is 32.1 Å². The summed E-state index contributed by atoms with van der Waals surface area (Å²) in [7, 11) is 1.21. The summed E-state index contributed by atoms with van der Waals surface area (Å²) in [5.74, 6) is -2.80. The summed E-state index contributed by atoms with van der Waals surface area (Å²) in [5.41, 5.74) is 3.54. The van der Waals surface area contributed by atoms with Crippen LogP contribution in [0.1, 0.15) is 56.4 Å². The molecule has 0 aliphatic carbocycles. The molecule has 382 valence electrons. The van der Waals surface area contributed by atoms with E-state index in [1.54, 1.807) is 24.3 Å². The highest BCUT2D eigenvalue weighted by Gasteiger charge is 2.59. The van der Waals surface area contributed by atoms with Gasteiger partial charge in [-0.05, 0) is 41.3 Å². The number of carbonyl (C=O) groups is 4. The number of thioether (sulfide) groups is 1. The van der Waals surface area contributed by atoms with Crippen LogP contribution < -0.4 is 5.32 Å². The van der Waals surface area contributed by atoms with Crippen molar-refractivity contribution in [3.8, 4) is 0 Å². The van der Waals surface area contributed by atoms with Crippen LogP contribution in [0.15, 0.2) is 157 Å². The minimum atomic E-state index is -1.93. The van der Waals surface area contributed by atoms with E-state index < -0.39 is 89.9 Å². The third kappa shape index (κ3) is 15.1. The fourth-order valence-electron chi connectivity index (χ4n) is 8.80. The molecule has 11 atom stereocenters. The van der Waals surface area contributed by atoms with E-state index in [1.807, 2.05) is 134 Å². The van der Waals surface area contributed by atoms with Crippen LogP contribution in [-0.4, -0.2) is 104 Å². The number of rotatable bonds is 23. The third-order valence-electron chi connectivity index (χ3n) is 12.0. The zero-order valence-electron chi connectivity index (χ0n) is 41.1. The van der Waals surface area contributed by atoms with Gasteiger partial charge in [0.15, 0.2) is 12.4 Å². The highest BCUT2D eigenvalue weighted by Crippen LogP contribution is 2.46. The Bertz CT molecular complexity index is 2460. The van der Waals surface area contributed by atoms with E-state index >= 15 is 0 Å². The first-order chi connectivity index (χ1) is 34.9. The second-order valence-corrected chi connectivity index (χ2v) is 18.9. The van der Waals surface area contributed by atoms with Crippen molar-refractivity contribution in [3.63, 3.8) is 0 Å². The second-order valence-electron chi connectivity index (χ2n) is 17.6. The number of amides is 1. The number of carbonyl (C=O) groups excluding carboxylic acids is 4. The number of esters is 3. The number of methoxy groups -OCH3 is 1. The predicted molar refractivity (Wildman–Crippen MR) is 266 cm³/mol. The number of benzene rings is 5. The molecule has 2 aliphatic rings. The first-order valence-corrected chi connectivity index (χ1v) is 24.7. The molecule has 0 saturated carbocycles. The van der Waals surface area contributed by atoms with Gasteiger partial charge in [0.25, 0.3) is 0 Å². The van der Waals surface area contributed by atoms with Crippen molar-refractivity contribution >= 4 is 35.6 Å². The van der Waals surface area contributed by atoms with Crippen LogP contribution in [0, 0.1) is 0 Å². The summed E-state index contributed by atoms with van der Waals surface area (Å²) in [6.07, 6.45) is -10.3. The van der Waals surface area contributed by atoms with Gasteiger partial charge in [-0.15, -0.1) is 0 Å². The number of ether oxygens (including phenoxy) is 10. The summed E-state index contributed by atoms with van der Waals surface area (Å²) in [6, 6.07) is 46.3. The molecule has 2 saturated heterocycles. The summed E-state index contributed by atoms with van der Waals surface area (Å²) in [6.45, 7) is 5.95. The molecule has 72 heavy (non-hydrogen) atoms. The molecule has 2 heterocycles. The van der Waals surface area contributed by atoms with Crippen molar-refractivity contribution in [2.75, 3.05) is 13.7 Å². The largest absolute Gasteiger partial charge is 0.466 e. The standard InChI is InChI=1S/C56H63NO14S/c1-37-49(64-33-42-23-13-7-14-24-42)52(65-34-43-25-15-8-16-26-43)53(66-35-44-27-17-9-18-28-44)54(67-37)70-47(36-63-32-41-21-11-6-12-22-41)50(69-40(4)60)51-48(57-38(2)58)46(68-39(3)59)31-56(71-51,55(61)62-5)72-45-29-19-10-20-30-45/h6-30,37,46-54H,31-36H2,1-5H3,(H,57,58)/t37-,46-,47+,48+,49+,50+,51+,52+,53-,54?,56-/m0/s1. The molecule has 1 N–H and O–H groups in total. The number of hydrogen-bond donors (Lipinski definition) is 1. The smallest absolute Gasteiger partial charge is 0.349 e. The van der Waals surface area contributed by atoms with Crippen molar-refractivity contribution in [1.82, 2.24) is 5.32 Å². The van der Waals surface area contributed by atoms with Crippen LogP contribution in [0.2, 0.25) is 0 Å². The topological polar surface area (TPSA) is 173 Å².